The first kappa shape index (κ1) is 14.2. The third-order valence-electron chi connectivity index (χ3n) is 3.26. The van der Waals surface area contributed by atoms with Gasteiger partial charge in [0.15, 0.2) is 0 Å². The molecule has 0 aliphatic carbocycles. The maximum absolute atomic E-state index is 10.6. The third-order valence-corrected chi connectivity index (χ3v) is 3.26. The summed E-state index contributed by atoms with van der Waals surface area (Å²) in [5.41, 5.74) is 0.267. The van der Waals surface area contributed by atoms with E-state index in [4.69, 9.17) is 0 Å². The van der Waals surface area contributed by atoms with Crippen LogP contribution in [0, 0.1) is 5.92 Å². The van der Waals surface area contributed by atoms with E-state index in [-0.39, 0.29) is 11.5 Å². The van der Waals surface area contributed by atoms with Crippen LogP contribution in [-0.2, 0) is 5.60 Å². The summed E-state index contributed by atoms with van der Waals surface area (Å²) in [5, 5.41) is 14.0. The number of rotatable bonds is 4. The minimum absolute atomic E-state index is 0.0844. The van der Waals surface area contributed by atoms with E-state index in [0.717, 1.165) is 12.1 Å². The Morgan fingerprint density at radius 2 is 1.65 bits per heavy atom. The zero-order chi connectivity index (χ0) is 13.1. The molecule has 2 nitrogen and oxygen atoms in total. The highest BCUT2D eigenvalue weighted by Crippen LogP contribution is 2.28. The van der Waals surface area contributed by atoms with Crippen LogP contribution in [-0.4, -0.2) is 17.2 Å². The summed E-state index contributed by atoms with van der Waals surface area (Å²) >= 11 is 0. The molecule has 0 fully saturated rings. The molecule has 1 aromatic carbocycles. The predicted molar refractivity (Wildman–Crippen MR) is 72.9 cm³/mol. The molecule has 0 radical (unpaired) electrons. The van der Waals surface area contributed by atoms with Crippen molar-refractivity contribution in [2.24, 2.45) is 5.92 Å². The van der Waals surface area contributed by atoms with E-state index in [1.54, 1.807) is 0 Å². The topological polar surface area (TPSA) is 32.3 Å². The van der Waals surface area contributed by atoms with E-state index < -0.39 is 5.60 Å². The Morgan fingerprint density at radius 1 is 1.12 bits per heavy atom. The second-order valence-electron chi connectivity index (χ2n) is 6.05. The van der Waals surface area contributed by atoms with Gasteiger partial charge in [-0.2, -0.15) is 0 Å². The number of aliphatic hydroxyl groups is 1. The molecule has 0 saturated heterocycles. The maximum atomic E-state index is 10.6. The fourth-order valence-corrected chi connectivity index (χ4v) is 1.72. The second-order valence-corrected chi connectivity index (χ2v) is 6.05. The van der Waals surface area contributed by atoms with Crippen molar-refractivity contribution in [1.82, 2.24) is 5.32 Å². The van der Waals surface area contributed by atoms with Gasteiger partial charge < -0.3 is 10.4 Å². The number of hydrogen-bond acceptors (Lipinski definition) is 2. The summed E-state index contributed by atoms with van der Waals surface area (Å²) in [6.45, 7) is 11.2. The Morgan fingerprint density at radius 3 is 2.12 bits per heavy atom. The van der Waals surface area contributed by atoms with Gasteiger partial charge >= 0.3 is 0 Å². The lowest BCUT2D eigenvalue weighted by Crippen LogP contribution is -2.44. The Kier molecular flexibility index (Phi) is 4.34. The van der Waals surface area contributed by atoms with Gasteiger partial charge in [0.05, 0.1) is 5.60 Å². The van der Waals surface area contributed by atoms with Crippen molar-refractivity contribution < 1.29 is 5.11 Å². The van der Waals surface area contributed by atoms with Crippen LogP contribution in [0.15, 0.2) is 30.3 Å². The largest absolute Gasteiger partial charge is 0.385 e. The number of nitrogens with one attached hydrogen (secondary N) is 1. The summed E-state index contributed by atoms with van der Waals surface area (Å²) in [6.07, 6.45) is 0. The van der Waals surface area contributed by atoms with Crippen LogP contribution < -0.4 is 5.32 Å². The highest BCUT2D eigenvalue weighted by Gasteiger charge is 2.30. The monoisotopic (exact) mass is 235 g/mol. The lowest BCUT2D eigenvalue weighted by atomic mass is 9.83. The van der Waals surface area contributed by atoms with Gasteiger partial charge in [0.1, 0.15) is 0 Å². The quantitative estimate of drug-likeness (QED) is 0.841. The average Bonchev–Trinajstić information content (AvgIpc) is 2.26. The molecule has 2 N–H and O–H groups in total. The Labute approximate surface area is 105 Å². The SMILES string of the molecule is CC(CNC(C)(C)C)C(C)(O)c1ccccc1. The second kappa shape index (κ2) is 5.19. The molecule has 1 rings (SSSR count). The van der Waals surface area contributed by atoms with Crippen LogP contribution in [0.25, 0.3) is 0 Å². The summed E-state index contributed by atoms with van der Waals surface area (Å²) < 4.78 is 0. The lowest BCUT2D eigenvalue weighted by Gasteiger charge is -2.33. The fraction of sp³-hybridized carbons (Fsp3) is 0.600. The van der Waals surface area contributed by atoms with Crippen LogP contribution in [0.5, 0.6) is 0 Å². The molecule has 0 heterocycles. The lowest BCUT2D eigenvalue weighted by molar-refractivity contribution is -0.000112. The Hall–Kier alpha value is -0.860. The van der Waals surface area contributed by atoms with E-state index in [0.29, 0.717) is 0 Å². The van der Waals surface area contributed by atoms with Crippen LogP contribution in [0.3, 0.4) is 0 Å². The zero-order valence-corrected chi connectivity index (χ0v) is 11.6. The molecule has 2 unspecified atom stereocenters. The van der Waals surface area contributed by atoms with E-state index >= 15 is 0 Å². The normalized spacial score (nSPS) is 17.5. The Bertz CT molecular complexity index is 338. The molecule has 0 spiro atoms. The highest BCUT2D eigenvalue weighted by molar-refractivity contribution is 5.22. The first-order valence-electron chi connectivity index (χ1n) is 6.26. The van der Waals surface area contributed by atoms with Gasteiger partial charge in [-0.3, -0.25) is 0 Å². The molecule has 17 heavy (non-hydrogen) atoms. The predicted octanol–water partition coefficient (Wildman–Crippen LogP) is 2.92. The van der Waals surface area contributed by atoms with E-state index in [1.807, 2.05) is 37.3 Å². The first-order valence-corrected chi connectivity index (χ1v) is 6.26. The molecule has 0 aromatic heterocycles. The average molecular weight is 235 g/mol. The van der Waals surface area contributed by atoms with Crippen molar-refractivity contribution in [2.45, 2.75) is 45.8 Å². The summed E-state index contributed by atoms with van der Waals surface area (Å²) in [4.78, 5) is 0. The highest BCUT2D eigenvalue weighted by atomic mass is 16.3. The van der Waals surface area contributed by atoms with Crippen molar-refractivity contribution in [3.8, 4) is 0 Å². The van der Waals surface area contributed by atoms with Crippen LogP contribution in [0.1, 0.15) is 40.2 Å². The summed E-state index contributed by atoms with van der Waals surface area (Å²) in [6, 6.07) is 9.86. The summed E-state index contributed by atoms with van der Waals surface area (Å²) in [5.74, 6) is 0.157. The molecule has 2 atom stereocenters. The van der Waals surface area contributed by atoms with Gasteiger partial charge in [-0.25, -0.2) is 0 Å². The van der Waals surface area contributed by atoms with Gasteiger partial charge in [0, 0.05) is 18.0 Å². The standard InChI is InChI=1S/C15H25NO/c1-12(11-16-14(2,3)4)15(5,17)13-9-7-6-8-10-13/h6-10,12,16-17H,11H2,1-5H3. The van der Waals surface area contributed by atoms with Crippen LogP contribution in [0.4, 0.5) is 0 Å². The third kappa shape index (κ3) is 4.14. The fourth-order valence-electron chi connectivity index (χ4n) is 1.72. The van der Waals surface area contributed by atoms with E-state index in [1.165, 1.54) is 0 Å². The van der Waals surface area contributed by atoms with Gasteiger partial charge in [-0.15, -0.1) is 0 Å². The van der Waals surface area contributed by atoms with Crippen LogP contribution in [0.2, 0.25) is 0 Å². The molecular formula is C15H25NO. The van der Waals surface area contributed by atoms with Crippen molar-refractivity contribution in [2.75, 3.05) is 6.54 Å². The zero-order valence-electron chi connectivity index (χ0n) is 11.6. The number of benzene rings is 1. The maximum Gasteiger partial charge on any atom is 0.0906 e. The van der Waals surface area contributed by atoms with Gasteiger partial charge in [0.25, 0.3) is 0 Å². The molecular weight excluding hydrogens is 210 g/mol. The smallest absolute Gasteiger partial charge is 0.0906 e. The number of hydrogen-bond donors (Lipinski definition) is 2. The van der Waals surface area contributed by atoms with E-state index in [2.05, 4.69) is 33.0 Å². The van der Waals surface area contributed by atoms with E-state index in [9.17, 15) is 5.11 Å². The molecule has 0 aliphatic heterocycles. The van der Waals surface area contributed by atoms with Crippen LogP contribution >= 0.6 is 0 Å². The van der Waals surface area contributed by atoms with Crippen molar-refractivity contribution in [1.29, 1.82) is 0 Å². The molecule has 96 valence electrons. The molecule has 1 aromatic rings. The molecule has 0 aliphatic rings. The van der Waals surface area contributed by atoms with Crippen molar-refractivity contribution in [3.63, 3.8) is 0 Å². The summed E-state index contributed by atoms with van der Waals surface area (Å²) in [7, 11) is 0. The van der Waals surface area contributed by atoms with Gasteiger partial charge in [-0.1, -0.05) is 37.3 Å². The van der Waals surface area contributed by atoms with Gasteiger partial charge in [-0.05, 0) is 33.3 Å². The molecule has 2 heteroatoms. The minimum Gasteiger partial charge on any atom is -0.385 e. The molecule has 0 amide bonds. The minimum atomic E-state index is -0.792. The van der Waals surface area contributed by atoms with Crippen molar-refractivity contribution in [3.05, 3.63) is 35.9 Å². The van der Waals surface area contributed by atoms with Gasteiger partial charge in [0.2, 0.25) is 0 Å². The molecule has 0 bridgehead atoms. The Balaban J connectivity index is 2.71. The first-order chi connectivity index (χ1) is 7.73. The van der Waals surface area contributed by atoms with Crippen molar-refractivity contribution >= 4 is 0 Å². The molecule has 0 saturated carbocycles.